The van der Waals surface area contributed by atoms with Gasteiger partial charge in [0, 0.05) is 37.6 Å². The van der Waals surface area contributed by atoms with E-state index in [9.17, 15) is 4.79 Å². The van der Waals surface area contributed by atoms with Crippen molar-refractivity contribution in [1.82, 2.24) is 15.1 Å². The second-order valence-corrected chi connectivity index (χ2v) is 9.23. The number of hydrogen-bond acceptors (Lipinski definition) is 2. The van der Waals surface area contributed by atoms with Crippen molar-refractivity contribution in [1.29, 1.82) is 0 Å². The van der Waals surface area contributed by atoms with E-state index in [2.05, 4.69) is 39.4 Å². The molecule has 0 bridgehead atoms. The molecule has 2 amide bonds. The van der Waals surface area contributed by atoms with Crippen molar-refractivity contribution in [2.45, 2.75) is 43.8 Å². The Morgan fingerprint density at radius 3 is 2.73 bits per heavy atom. The quantitative estimate of drug-likeness (QED) is 0.722. The number of likely N-dealkylation sites (tertiary alicyclic amines) is 1. The van der Waals surface area contributed by atoms with Crippen molar-refractivity contribution in [3.8, 4) is 0 Å². The molecule has 2 aromatic rings. The van der Waals surface area contributed by atoms with Gasteiger partial charge >= 0.3 is 6.03 Å². The van der Waals surface area contributed by atoms with Crippen LogP contribution in [-0.4, -0.2) is 47.4 Å². The minimum atomic E-state index is -0.156. The Bertz CT molecular complexity index is 889. The Morgan fingerprint density at radius 1 is 1.10 bits per heavy atom. The summed E-state index contributed by atoms with van der Waals surface area (Å²) in [7, 11) is 0. The molecule has 0 aromatic heterocycles. The molecule has 2 fully saturated rings. The fraction of sp³-hybridized carbons (Fsp3) is 0.480. The molecule has 2 saturated heterocycles. The number of carbonyl (C=O) groups is 1. The van der Waals surface area contributed by atoms with E-state index in [1.807, 2.05) is 30.3 Å². The zero-order chi connectivity index (χ0) is 20.5. The van der Waals surface area contributed by atoms with Gasteiger partial charge in [0.15, 0.2) is 0 Å². The first-order valence-corrected chi connectivity index (χ1v) is 11.8. The zero-order valence-corrected chi connectivity index (χ0v) is 18.1. The third-order valence-electron chi connectivity index (χ3n) is 7.29. The number of hydrogen-bond donors (Lipinski definition) is 1. The van der Waals surface area contributed by atoms with Gasteiger partial charge in [0.25, 0.3) is 0 Å². The van der Waals surface area contributed by atoms with Crippen molar-refractivity contribution in [3.05, 3.63) is 71.3 Å². The lowest BCUT2D eigenvalue weighted by Gasteiger charge is -2.52. The van der Waals surface area contributed by atoms with Gasteiger partial charge in [-0.25, -0.2) is 4.79 Å². The van der Waals surface area contributed by atoms with E-state index in [1.54, 1.807) is 0 Å². The lowest BCUT2D eigenvalue weighted by atomic mass is 9.77. The van der Waals surface area contributed by atoms with E-state index in [0.717, 1.165) is 44.5 Å². The van der Waals surface area contributed by atoms with Crippen molar-refractivity contribution in [2.75, 3.05) is 25.5 Å². The van der Waals surface area contributed by atoms with E-state index in [0.29, 0.717) is 23.9 Å². The standard InChI is InChI=1S/C25H30ClN3O/c26-16-22(19-8-2-1-3-9-19)27-25(30)29-13-6-10-20-17-28-14-12-18-7-4-5-11-21(18)24(28)15-23(20)29/h1-5,7-9,11,20,22-24H,6,10,12-17H2,(H,27,30)/t20-,22-,23+,24+/m0/s1. The molecular formula is C25H30ClN3O. The molecule has 0 aliphatic carbocycles. The number of rotatable bonds is 3. The minimum absolute atomic E-state index is 0.0387. The maximum atomic E-state index is 13.3. The van der Waals surface area contributed by atoms with Gasteiger partial charge in [0.1, 0.15) is 0 Å². The van der Waals surface area contributed by atoms with Gasteiger partial charge in [-0.2, -0.15) is 0 Å². The van der Waals surface area contributed by atoms with Gasteiger partial charge < -0.3 is 10.2 Å². The molecule has 0 unspecified atom stereocenters. The molecule has 30 heavy (non-hydrogen) atoms. The van der Waals surface area contributed by atoms with Gasteiger partial charge in [0.2, 0.25) is 0 Å². The van der Waals surface area contributed by atoms with Crippen molar-refractivity contribution >= 4 is 17.6 Å². The summed E-state index contributed by atoms with van der Waals surface area (Å²) in [6.45, 7) is 3.08. The topological polar surface area (TPSA) is 35.6 Å². The third kappa shape index (κ3) is 3.72. The predicted octanol–water partition coefficient (Wildman–Crippen LogP) is 4.76. The molecule has 1 N–H and O–H groups in total. The lowest BCUT2D eigenvalue weighted by Crippen LogP contribution is -2.59. The van der Waals surface area contributed by atoms with Crippen molar-refractivity contribution < 1.29 is 4.79 Å². The summed E-state index contributed by atoms with van der Waals surface area (Å²) in [6, 6.07) is 19.5. The normalized spacial score (nSPS) is 26.8. The average Bonchev–Trinajstić information content (AvgIpc) is 2.81. The Hall–Kier alpha value is -2.04. The van der Waals surface area contributed by atoms with Crippen LogP contribution in [0.3, 0.4) is 0 Å². The molecule has 4 nitrogen and oxygen atoms in total. The fourth-order valence-electron chi connectivity index (χ4n) is 5.78. The molecular weight excluding hydrogens is 394 g/mol. The first-order valence-electron chi connectivity index (χ1n) is 11.2. The van der Waals surface area contributed by atoms with Crippen LogP contribution < -0.4 is 5.32 Å². The number of alkyl halides is 1. The van der Waals surface area contributed by atoms with Crippen LogP contribution in [0.1, 0.15) is 48.0 Å². The van der Waals surface area contributed by atoms with Crippen LogP contribution in [0.25, 0.3) is 0 Å². The summed E-state index contributed by atoms with van der Waals surface area (Å²) in [5.41, 5.74) is 4.01. The summed E-state index contributed by atoms with van der Waals surface area (Å²) < 4.78 is 0. The van der Waals surface area contributed by atoms with E-state index < -0.39 is 0 Å². The highest BCUT2D eigenvalue weighted by molar-refractivity contribution is 6.18. The van der Waals surface area contributed by atoms with Gasteiger partial charge in [-0.1, -0.05) is 54.6 Å². The Balaban J connectivity index is 1.35. The first-order chi connectivity index (χ1) is 14.7. The molecule has 0 saturated carbocycles. The fourth-order valence-corrected chi connectivity index (χ4v) is 6.03. The van der Waals surface area contributed by atoms with Crippen LogP contribution in [-0.2, 0) is 6.42 Å². The van der Waals surface area contributed by atoms with Gasteiger partial charge in [0.05, 0.1) is 6.04 Å². The molecule has 5 rings (SSSR count). The van der Waals surface area contributed by atoms with E-state index in [1.165, 1.54) is 17.5 Å². The van der Waals surface area contributed by atoms with Crippen molar-refractivity contribution in [3.63, 3.8) is 0 Å². The van der Waals surface area contributed by atoms with Gasteiger partial charge in [-0.3, -0.25) is 4.90 Å². The second kappa shape index (κ2) is 8.60. The number of benzene rings is 2. The number of carbonyl (C=O) groups excluding carboxylic acids is 1. The average molecular weight is 424 g/mol. The van der Waals surface area contributed by atoms with E-state index in [-0.39, 0.29) is 12.1 Å². The molecule has 0 spiro atoms. The summed E-state index contributed by atoms with van der Waals surface area (Å²) >= 11 is 6.23. The summed E-state index contributed by atoms with van der Waals surface area (Å²) in [5.74, 6) is 0.943. The molecule has 158 valence electrons. The molecule has 3 aliphatic rings. The van der Waals surface area contributed by atoms with Crippen LogP contribution >= 0.6 is 11.6 Å². The number of nitrogens with one attached hydrogen (secondary N) is 1. The van der Waals surface area contributed by atoms with E-state index >= 15 is 0 Å². The maximum Gasteiger partial charge on any atom is 0.318 e. The number of fused-ring (bicyclic) bond motifs is 4. The minimum Gasteiger partial charge on any atom is -0.330 e. The lowest BCUT2D eigenvalue weighted by molar-refractivity contribution is 0.00534. The summed E-state index contributed by atoms with van der Waals surface area (Å²) in [6.07, 6.45) is 4.48. The largest absolute Gasteiger partial charge is 0.330 e. The molecule has 2 aromatic carbocycles. The number of nitrogens with zero attached hydrogens (tertiary/aromatic N) is 2. The van der Waals surface area contributed by atoms with Crippen LogP contribution in [0.2, 0.25) is 0 Å². The maximum absolute atomic E-state index is 13.3. The second-order valence-electron chi connectivity index (χ2n) is 8.93. The summed E-state index contributed by atoms with van der Waals surface area (Å²) in [5, 5.41) is 3.22. The SMILES string of the molecule is O=C(N[C@@H](CCl)c1ccccc1)N1CCC[C@H]2CN3CCc4ccccc4[C@H]3C[C@H]21. The predicted molar refractivity (Wildman–Crippen MR) is 121 cm³/mol. The van der Waals surface area contributed by atoms with Crippen LogP contribution in [0.4, 0.5) is 4.79 Å². The highest BCUT2D eigenvalue weighted by Crippen LogP contribution is 2.42. The first kappa shape index (κ1) is 19.9. The van der Waals surface area contributed by atoms with Gasteiger partial charge in [-0.15, -0.1) is 11.6 Å². The van der Waals surface area contributed by atoms with Crippen molar-refractivity contribution in [2.24, 2.45) is 5.92 Å². The number of halogens is 1. The van der Waals surface area contributed by atoms with Crippen LogP contribution in [0.5, 0.6) is 0 Å². The molecule has 0 radical (unpaired) electrons. The number of urea groups is 1. The zero-order valence-electron chi connectivity index (χ0n) is 17.3. The molecule has 4 atom stereocenters. The number of amides is 2. The Labute approximate surface area is 184 Å². The Morgan fingerprint density at radius 2 is 1.90 bits per heavy atom. The monoisotopic (exact) mass is 423 g/mol. The Kier molecular flexibility index (Phi) is 5.70. The highest BCUT2D eigenvalue weighted by Gasteiger charge is 2.44. The summed E-state index contributed by atoms with van der Waals surface area (Å²) in [4.78, 5) is 18.1. The highest BCUT2D eigenvalue weighted by atomic mass is 35.5. The third-order valence-corrected chi connectivity index (χ3v) is 7.60. The smallest absolute Gasteiger partial charge is 0.318 e. The number of piperidine rings is 2. The molecule has 3 heterocycles. The van der Waals surface area contributed by atoms with Gasteiger partial charge in [-0.05, 0) is 48.3 Å². The van der Waals surface area contributed by atoms with E-state index in [4.69, 9.17) is 11.6 Å². The van der Waals surface area contributed by atoms with Crippen LogP contribution in [0, 0.1) is 5.92 Å². The molecule has 5 heteroatoms. The molecule has 3 aliphatic heterocycles. The van der Waals surface area contributed by atoms with Crippen LogP contribution in [0.15, 0.2) is 54.6 Å².